The maximum atomic E-state index is 12.9. The molecule has 8 nitrogen and oxygen atoms in total. The molecule has 0 fully saturated rings. The number of nitrogens with zero attached hydrogens (tertiary/aromatic N) is 2. The van der Waals surface area contributed by atoms with Gasteiger partial charge in [-0.3, -0.25) is 9.08 Å². The molecule has 0 saturated heterocycles. The van der Waals surface area contributed by atoms with Gasteiger partial charge in [0.1, 0.15) is 4.90 Å². The Morgan fingerprint density at radius 1 is 1.00 bits per heavy atom. The van der Waals surface area contributed by atoms with Crippen molar-refractivity contribution in [3.8, 4) is 0 Å². The van der Waals surface area contributed by atoms with Gasteiger partial charge in [-0.15, -0.1) is 0 Å². The van der Waals surface area contributed by atoms with Gasteiger partial charge in [-0.05, 0) is 36.3 Å². The lowest BCUT2D eigenvalue weighted by molar-refractivity contribution is -0.121. The molecule has 2 aromatic rings. The summed E-state index contributed by atoms with van der Waals surface area (Å²) in [7, 11) is -6.42. The summed E-state index contributed by atoms with van der Waals surface area (Å²) in [5.74, 6) is -1.07. The molecule has 0 atom stereocenters. The molecule has 0 bridgehead atoms. The van der Waals surface area contributed by atoms with Gasteiger partial charge in [0.2, 0.25) is 9.84 Å². The summed E-state index contributed by atoms with van der Waals surface area (Å²) in [6.45, 7) is 1.76. The summed E-state index contributed by atoms with van der Waals surface area (Å²) < 4.78 is 54.8. The molecular formula is C17H17ClN2O6S2. The van der Waals surface area contributed by atoms with Gasteiger partial charge >= 0.3 is 10.1 Å². The van der Waals surface area contributed by atoms with Crippen molar-refractivity contribution in [2.75, 3.05) is 14.1 Å². The first-order valence-corrected chi connectivity index (χ1v) is 11.0. The predicted molar refractivity (Wildman–Crippen MR) is 104 cm³/mol. The SMILES string of the molecule is Cc1ccc(S(=O)(=O)ON=C(C(=O)N(C)C)S(=O)(=O)c2ccccc2Cl)cc1. The number of aryl methyl sites for hydroxylation is 1. The number of hydrogen-bond donors (Lipinski definition) is 0. The Morgan fingerprint density at radius 3 is 2.11 bits per heavy atom. The van der Waals surface area contributed by atoms with E-state index in [4.69, 9.17) is 11.6 Å². The van der Waals surface area contributed by atoms with Crippen LogP contribution in [0.1, 0.15) is 5.56 Å². The summed E-state index contributed by atoms with van der Waals surface area (Å²) in [6.07, 6.45) is 0. The van der Waals surface area contributed by atoms with Gasteiger partial charge in [-0.1, -0.05) is 41.4 Å². The van der Waals surface area contributed by atoms with Crippen molar-refractivity contribution in [2.45, 2.75) is 16.7 Å². The van der Waals surface area contributed by atoms with E-state index in [1.807, 2.05) is 0 Å². The number of rotatable bonds is 4. The highest BCUT2D eigenvalue weighted by Gasteiger charge is 2.34. The number of carbonyl (C=O) groups excluding carboxylic acids is 1. The van der Waals surface area contributed by atoms with Crippen LogP contribution in [0.25, 0.3) is 0 Å². The fraction of sp³-hybridized carbons (Fsp3) is 0.176. The van der Waals surface area contributed by atoms with Crippen molar-refractivity contribution in [3.63, 3.8) is 0 Å². The van der Waals surface area contributed by atoms with Crippen LogP contribution in [0.15, 0.2) is 63.5 Å². The normalized spacial score (nSPS) is 12.5. The van der Waals surface area contributed by atoms with Crippen LogP contribution in [0, 0.1) is 6.92 Å². The number of oxime groups is 1. The van der Waals surface area contributed by atoms with Crippen molar-refractivity contribution in [1.82, 2.24) is 4.90 Å². The highest BCUT2D eigenvalue weighted by molar-refractivity contribution is 8.08. The number of halogens is 1. The Hall–Kier alpha value is -2.43. The third kappa shape index (κ3) is 4.70. The van der Waals surface area contributed by atoms with Crippen LogP contribution in [0.2, 0.25) is 5.02 Å². The number of benzene rings is 2. The molecule has 0 radical (unpaired) electrons. The van der Waals surface area contributed by atoms with Gasteiger partial charge in [0.25, 0.3) is 11.0 Å². The largest absolute Gasteiger partial charge is 0.358 e. The van der Waals surface area contributed by atoms with Gasteiger partial charge in [0.05, 0.1) is 9.92 Å². The maximum absolute atomic E-state index is 12.9. The topological polar surface area (TPSA) is 110 Å². The van der Waals surface area contributed by atoms with E-state index in [0.29, 0.717) is 0 Å². The molecule has 0 aromatic heterocycles. The lowest BCUT2D eigenvalue weighted by Crippen LogP contribution is -2.35. The average Bonchev–Trinajstić information content (AvgIpc) is 2.61. The molecule has 150 valence electrons. The quantitative estimate of drug-likeness (QED) is 0.406. The van der Waals surface area contributed by atoms with Crippen LogP contribution >= 0.6 is 11.6 Å². The number of sulfone groups is 1. The zero-order chi connectivity index (χ0) is 21.1. The second kappa shape index (κ2) is 8.29. The standard InChI is InChI=1S/C17H17ClN2O6S2/c1-12-8-10-13(11-9-12)28(24,25)26-19-16(17(21)20(2)3)27(22,23)15-7-5-4-6-14(15)18/h4-11H,1-3H3. The van der Waals surface area contributed by atoms with Crippen LogP contribution in [-0.4, -0.2) is 46.8 Å². The highest BCUT2D eigenvalue weighted by atomic mass is 35.5. The fourth-order valence-electron chi connectivity index (χ4n) is 1.99. The highest BCUT2D eigenvalue weighted by Crippen LogP contribution is 2.24. The Balaban J connectivity index is 2.54. The minimum absolute atomic E-state index is 0.150. The molecule has 0 spiro atoms. The zero-order valence-electron chi connectivity index (χ0n) is 15.2. The van der Waals surface area contributed by atoms with Crippen molar-refractivity contribution >= 4 is 42.5 Å². The molecule has 0 aliphatic carbocycles. The Kier molecular flexibility index (Phi) is 6.48. The van der Waals surface area contributed by atoms with Crippen molar-refractivity contribution in [3.05, 3.63) is 59.1 Å². The minimum Gasteiger partial charge on any atom is -0.343 e. The first kappa shape index (κ1) is 21.9. The van der Waals surface area contributed by atoms with E-state index in [9.17, 15) is 21.6 Å². The third-order valence-electron chi connectivity index (χ3n) is 3.50. The number of hydrogen-bond acceptors (Lipinski definition) is 7. The van der Waals surface area contributed by atoms with Gasteiger partial charge in [-0.2, -0.15) is 8.42 Å². The lowest BCUT2D eigenvalue weighted by atomic mass is 10.2. The molecule has 1 amide bonds. The van der Waals surface area contributed by atoms with E-state index in [1.54, 1.807) is 6.92 Å². The van der Waals surface area contributed by atoms with E-state index in [1.165, 1.54) is 62.6 Å². The van der Waals surface area contributed by atoms with Crippen LogP contribution < -0.4 is 0 Å². The number of amides is 1. The van der Waals surface area contributed by atoms with Crippen molar-refractivity contribution in [1.29, 1.82) is 0 Å². The van der Waals surface area contributed by atoms with Crippen LogP contribution in [0.5, 0.6) is 0 Å². The summed E-state index contributed by atoms with van der Waals surface area (Å²) in [5, 5.41) is 1.94. The molecule has 11 heteroatoms. The molecule has 28 heavy (non-hydrogen) atoms. The second-order valence-electron chi connectivity index (χ2n) is 5.87. The molecule has 0 aliphatic heterocycles. The van der Waals surface area contributed by atoms with E-state index >= 15 is 0 Å². The summed E-state index contributed by atoms with van der Waals surface area (Å²) in [5.41, 5.74) is 0.812. The Morgan fingerprint density at radius 2 is 1.57 bits per heavy atom. The smallest absolute Gasteiger partial charge is 0.343 e. The monoisotopic (exact) mass is 444 g/mol. The predicted octanol–water partition coefficient (Wildman–Crippen LogP) is 2.23. The Labute approximate surface area is 168 Å². The molecular weight excluding hydrogens is 428 g/mol. The van der Waals surface area contributed by atoms with E-state index in [0.717, 1.165) is 10.5 Å². The second-order valence-corrected chi connectivity index (χ2v) is 9.64. The molecule has 0 aliphatic rings. The van der Waals surface area contributed by atoms with E-state index in [2.05, 4.69) is 9.44 Å². The van der Waals surface area contributed by atoms with E-state index in [-0.39, 0.29) is 9.92 Å². The first-order valence-electron chi connectivity index (χ1n) is 7.76. The minimum atomic E-state index is -4.55. The molecule has 2 aromatic carbocycles. The third-order valence-corrected chi connectivity index (χ3v) is 6.75. The fourth-order valence-corrected chi connectivity index (χ4v) is 4.55. The van der Waals surface area contributed by atoms with E-state index < -0.39 is 35.8 Å². The van der Waals surface area contributed by atoms with Crippen molar-refractivity contribution < 1.29 is 25.9 Å². The maximum Gasteiger partial charge on any atom is 0.358 e. The molecule has 2 rings (SSSR count). The molecule has 0 unspecified atom stereocenters. The number of carbonyl (C=O) groups is 1. The van der Waals surface area contributed by atoms with Crippen LogP contribution in [0.4, 0.5) is 0 Å². The van der Waals surface area contributed by atoms with Gasteiger partial charge in [-0.25, -0.2) is 8.42 Å². The average molecular weight is 445 g/mol. The Bertz CT molecular complexity index is 1120. The molecule has 0 saturated carbocycles. The first-order chi connectivity index (χ1) is 13.0. The van der Waals surface area contributed by atoms with Gasteiger partial charge < -0.3 is 4.90 Å². The summed E-state index contributed by atoms with van der Waals surface area (Å²) in [6, 6.07) is 11.0. The van der Waals surface area contributed by atoms with Crippen molar-refractivity contribution in [2.24, 2.45) is 5.16 Å². The molecule has 0 heterocycles. The lowest BCUT2D eigenvalue weighted by Gasteiger charge is -2.13. The summed E-state index contributed by atoms with van der Waals surface area (Å²) in [4.78, 5) is 12.7. The van der Waals surface area contributed by atoms with Crippen LogP contribution in [0.3, 0.4) is 0 Å². The molecule has 0 N–H and O–H groups in total. The summed E-state index contributed by atoms with van der Waals surface area (Å²) >= 11 is 5.92. The van der Waals surface area contributed by atoms with Gasteiger partial charge in [0, 0.05) is 14.1 Å². The van der Waals surface area contributed by atoms with Gasteiger partial charge in [0.15, 0.2) is 0 Å². The zero-order valence-corrected chi connectivity index (χ0v) is 17.5. The van der Waals surface area contributed by atoms with Crippen LogP contribution in [-0.2, 0) is 29.0 Å².